The molecule has 2 N–H and O–H groups in total. The highest BCUT2D eigenvalue weighted by Gasteiger charge is 2.72. The van der Waals surface area contributed by atoms with Crippen molar-refractivity contribution in [3.8, 4) is 0 Å². The summed E-state index contributed by atoms with van der Waals surface area (Å²) < 4.78 is 6.29. The lowest BCUT2D eigenvalue weighted by molar-refractivity contribution is -0.141. The Kier molecular flexibility index (Phi) is 5.37. The first-order chi connectivity index (χ1) is 15.5. The van der Waals surface area contributed by atoms with Gasteiger partial charge in [-0.2, -0.15) is 0 Å². The molecule has 3 heterocycles. The molecule has 3 aliphatic heterocycles. The molecule has 2 saturated heterocycles. The van der Waals surface area contributed by atoms with Gasteiger partial charge in [0.05, 0.1) is 17.9 Å². The molecule has 7 heteroatoms. The number of nitrogens with zero attached hydrogens (tertiary/aromatic N) is 1. The molecule has 0 aromatic heterocycles. The fourth-order valence-corrected chi connectivity index (χ4v) is 5.86. The summed E-state index contributed by atoms with van der Waals surface area (Å²) in [5.41, 5.74) is -0.127. The van der Waals surface area contributed by atoms with Crippen LogP contribution < -0.4 is 10.6 Å². The quantitative estimate of drug-likeness (QED) is 0.638. The summed E-state index contributed by atoms with van der Waals surface area (Å²) in [4.78, 5) is 41.6. The van der Waals surface area contributed by atoms with Gasteiger partial charge in [0.2, 0.25) is 17.7 Å². The van der Waals surface area contributed by atoms with Gasteiger partial charge >= 0.3 is 0 Å². The summed E-state index contributed by atoms with van der Waals surface area (Å²) in [6, 6.07) is 8.97. The fourth-order valence-electron chi connectivity index (χ4n) is 5.86. The molecule has 32 heavy (non-hydrogen) atoms. The molecule has 2 bridgehead atoms. The van der Waals surface area contributed by atoms with Crippen LogP contribution in [0.25, 0.3) is 0 Å². The first kappa shape index (κ1) is 20.9. The van der Waals surface area contributed by atoms with Crippen LogP contribution in [0.5, 0.6) is 0 Å². The maximum absolute atomic E-state index is 13.5. The summed E-state index contributed by atoms with van der Waals surface area (Å²) in [6.45, 7) is 4.38. The van der Waals surface area contributed by atoms with E-state index in [9.17, 15) is 14.4 Å². The SMILES string of the molecule is C=CCN1C(=O)[C@H]2[C@@H](C(=O)NCc3ccccc3)[C@H]3C=C[C@@]2(O3)[C@H]1C(=O)NC1CCCC1. The van der Waals surface area contributed by atoms with E-state index in [0.717, 1.165) is 31.2 Å². The first-order valence-electron chi connectivity index (χ1n) is 11.5. The van der Waals surface area contributed by atoms with Gasteiger partial charge in [-0.05, 0) is 18.4 Å². The van der Waals surface area contributed by atoms with Crippen LogP contribution in [0.1, 0.15) is 31.2 Å². The van der Waals surface area contributed by atoms with E-state index in [1.54, 1.807) is 6.08 Å². The topological polar surface area (TPSA) is 87.7 Å². The van der Waals surface area contributed by atoms with Crippen molar-refractivity contribution in [2.24, 2.45) is 11.8 Å². The summed E-state index contributed by atoms with van der Waals surface area (Å²) in [7, 11) is 0. The Balaban J connectivity index is 1.39. The molecule has 5 atom stereocenters. The van der Waals surface area contributed by atoms with Crippen molar-refractivity contribution in [1.82, 2.24) is 15.5 Å². The number of benzene rings is 1. The summed E-state index contributed by atoms with van der Waals surface area (Å²) in [5, 5.41) is 6.09. The zero-order valence-corrected chi connectivity index (χ0v) is 18.0. The number of rotatable bonds is 7. The number of hydrogen-bond donors (Lipinski definition) is 2. The van der Waals surface area contributed by atoms with Gasteiger partial charge in [-0.25, -0.2) is 0 Å². The number of fused-ring (bicyclic) bond motifs is 1. The fraction of sp³-hybridized carbons (Fsp3) is 0.480. The van der Waals surface area contributed by atoms with Gasteiger partial charge < -0.3 is 20.3 Å². The van der Waals surface area contributed by atoms with Gasteiger partial charge in [-0.3, -0.25) is 14.4 Å². The molecule has 168 valence electrons. The minimum absolute atomic E-state index is 0.131. The number of carbonyl (C=O) groups is 3. The van der Waals surface area contributed by atoms with Crippen LogP contribution in [0.15, 0.2) is 55.1 Å². The Hall–Kier alpha value is -2.93. The Labute approximate surface area is 187 Å². The van der Waals surface area contributed by atoms with Crippen LogP contribution in [0.4, 0.5) is 0 Å². The molecule has 1 aromatic carbocycles. The zero-order valence-electron chi connectivity index (χ0n) is 18.0. The highest BCUT2D eigenvalue weighted by Crippen LogP contribution is 2.55. The normalized spacial score (nSPS) is 32.9. The third-order valence-electron chi connectivity index (χ3n) is 7.26. The van der Waals surface area contributed by atoms with Crippen LogP contribution in [-0.2, 0) is 25.7 Å². The average Bonchev–Trinajstić information content (AvgIpc) is 3.56. The maximum atomic E-state index is 13.5. The van der Waals surface area contributed by atoms with E-state index < -0.39 is 29.6 Å². The molecule has 1 spiro atoms. The Morgan fingerprint density at radius 1 is 1.19 bits per heavy atom. The summed E-state index contributed by atoms with van der Waals surface area (Å²) in [6.07, 6.45) is 8.88. The summed E-state index contributed by atoms with van der Waals surface area (Å²) in [5.74, 6) is -2.02. The van der Waals surface area contributed by atoms with E-state index in [1.807, 2.05) is 42.5 Å². The Bertz CT molecular complexity index is 955. The third-order valence-corrected chi connectivity index (χ3v) is 7.26. The molecule has 3 amide bonds. The van der Waals surface area contributed by atoms with Crippen LogP contribution in [0.3, 0.4) is 0 Å². The average molecular weight is 436 g/mol. The lowest BCUT2D eigenvalue weighted by Crippen LogP contribution is -2.56. The standard InChI is InChI=1S/C25H29N3O4/c1-2-14-28-21(23(30)27-17-10-6-7-11-17)25-13-12-18(32-25)19(20(25)24(28)31)22(29)26-15-16-8-4-3-5-9-16/h2-5,8-9,12-13,17-21H,1,6-7,10-11,14-15H2,(H,26,29)(H,27,30)/t18-,19+,20-,21-,25+/m1/s1. The van der Waals surface area contributed by atoms with Crippen molar-refractivity contribution in [2.45, 2.75) is 56.0 Å². The molecule has 1 aromatic rings. The molecule has 0 unspecified atom stereocenters. The van der Waals surface area contributed by atoms with Gasteiger partial charge in [-0.15, -0.1) is 6.58 Å². The minimum atomic E-state index is -1.11. The predicted octanol–water partition coefficient (Wildman–Crippen LogP) is 1.70. The molecule has 1 aliphatic carbocycles. The molecule has 1 saturated carbocycles. The lowest BCUT2D eigenvalue weighted by Gasteiger charge is -2.32. The molecule has 7 nitrogen and oxygen atoms in total. The number of likely N-dealkylation sites (tertiary alicyclic amines) is 1. The summed E-state index contributed by atoms with van der Waals surface area (Å²) >= 11 is 0. The van der Waals surface area contributed by atoms with E-state index in [1.165, 1.54) is 4.90 Å². The second-order valence-electron chi connectivity index (χ2n) is 9.17. The van der Waals surface area contributed by atoms with E-state index in [0.29, 0.717) is 6.54 Å². The zero-order chi connectivity index (χ0) is 22.3. The van der Waals surface area contributed by atoms with Gasteiger partial charge in [0, 0.05) is 19.1 Å². The van der Waals surface area contributed by atoms with Crippen molar-refractivity contribution in [3.05, 3.63) is 60.7 Å². The maximum Gasteiger partial charge on any atom is 0.246 e. The third kappa shape index (κ3) is 3.26. The predicted molar refractivity (Wildman–Crippen MR) is 118 cm³/mol. The highest BCUT2D eigenvalue weighted by atomic mass is 16.5. The van der Waals surface area contributed by atoms with Crippen LogP contribution in [0, 0.1) is 11.8 Å². The molecular formula is C25H29N3O4. The van der Waals surface area contributed by atoms with Crippen molar-refractivity contribution < 1.29 is 19.1 Å². The Morgan fingerprint density at radius 3 is 2.66 bits per heavy atom. The van der Waals surface area contributed by atoms with E-state index in [2.05, 4.69) is 17.2 Å². The molecule has 4 aliphatic rings. The van der Waals surface area contributed by atoms with Gasteiger partial charge in [0.25, 0.3) is 0 Å². The number of nitrogens with one attached hydrogen (secondary N) is 2. The molecule has 5 rings (SSSR count). The van der Waals surface area contributed by atoms with E-state index in [4.69, 9.17) is 4.74 Å². The molecule has 3 fully saturated rings. The second kappa shape index (κ2) is 8.20. The second-order valence-corrected chi connectivity index (χ2v) is 9.17. The largest absolute Gasteiger partial charge is 0.359 e. The van der Waals surface area contributed by atoms with Crippen molar-refractivity contribution in [3.63, 3.8) is 0 Å². The number of amides is 3. The number of hydrogen-bond acceptors (Lipinski definition) is 4. The van der Waals surface area contributed by atoms with Crippen molar-refractivity contribution in [1.29, 1.82) is 0 Å². The lowest BCUT2D eigenvalue weighted by atomic mass is 9.74. The number of carbonyl (C=O) groups excluding carboxylic acids is 3. The van der Waals surface area contributed by atoms with Crippen LogP contribution in [0.2, 0.25) is 0 Å². The smallest absolute Gasteiger partial charge is 0.246 e. The molecule has 0 radical (unpaired) electrons. The van der Waals surface area contributed by atoms with Crippen molar-refractivity contribution in [2.75, 3.05) is 6.54 Å². The van der Waals surface area contributed by atoms with Gasteiger partial charge in [0.15, 0.2) is 0 Å². The first-order valence-corrected chi connectivity index (χ1v) is 11.5. The molecular weight excluding hydrogens is 406 g/mol. The monoisotopic (exact) mass is 435 g/mol. The van der Waals surface area contributed by atoms with E-state index in [-0.39, 0.29) is 30.3 Å². The van der Waals surface area contributed by atoms with Gasteiger partial charge in [0.1, 0.15) is 11.6 Å². The highest BCUT2D eigenvalue weighted by molar-refractivity contribution is 6.00. The van der Waals surface area contributed by atoms with E-state index >= 15 is 0 Å². The van der Waals surface area contributed by atoms with Crippen molar-refractivity contribution >= 4 is 17.7 Å². The van der Waals surface area contributed by atoms with Gasteiger partial charge in [-0.1, -0.05) is 61.4 Å². The minimum Gasteiger partial charge on any atom is -0.359 e. The Morgan fingerprint density at radius 2 is 1.94 bits per heavy atom. The van der Waals surface area contributed by atoms with Crippen LogP contribution >= 0.6 is 0 Å². The number of ether oxygens (including phenoxy) is 1. The van der Waals surface area contributed by atoms with Crippen LogP contribution in [-0.4, -0.2) is 53.0 Å².